The number of hydrazone groups is 1. The Balaban J connectivity index is 1.67. The van der Waals surface area contributed by atoms with Gasteiger partial charge in [0, 0.05) is 29.7 Å². The Kier molecular flexibility index (Phi) is 4.01. The van der Waals surface area contributed by atoms with E-state index in [4.69, 9.17) is 5.73 Å². The minimum atomic E-state index is -0.274. The second kappa shape index (κ2) is 6.09. The van der Waals surface area contributed by atoms with Gasteiger partial charge in [0.05, 0.1) is 6.21 Å². The van der Waals surface area contributed by atoms with Crippen LogP contribution >= 0.6 is 11.3 Å². The number of nitrogens with one attached hydrogen (secondary N) is 1. The van der Waals surface area contributed by atoms with Gasteiger partial charge in [-0.05, 0) is 31.0 Å². The minimum absolute atomic E-state index is 0.274. The number of hydrogen-bond acceptors (Lipinski definition) is 6. The van der Waals surface area contributed by atoms with Crippen molar-refractivity contribution in [2.45, 2.75) is 12.8 Å². The number of aromatic nitrogens is 1. The molecule has 0 atom stereocenters. The summed E-state index contributed by atoms with van der Waals surface area (Å²) in [5, 5.41) is 6.27. The maximum atomic E-state index is 14.1. The summed E-state index contributed by atoms with van der Waals surface area (Å²) < 4.78 is 14.1. The molecule has 5 nitrogen and oxygen atoms in total. The zero-order valence-corrected chi connectivity index (χ0v) is 12.2. The van der Waals surface area contributed by atoms with Crippen molar-refractivity contribution in [1.82, 2.24) is 4.98 Å². The molecule has 1 aromatic heterocycles. The van der Waals surface area contributed by atoms with Gasteiger partial charge in [0.2, 0.25) is 5.13 Å². The Bertz CT molecular complexity index is 649. The lowest BCUT2D eigenvalue weighted by atomic mass is 10.2. The van der Waals surface area contributed by atoms with Gasteiger partial charge in [-0.3, -0.25) is 5.43 Å². The summed E-state index contributed by atoms with van der Waals surface area (Å²) in [5.41, 5.74) is 9.61. The third-order valence-corrected chi connectivity index (χ3v) is 4.11. The average Bonchev–Trinajstić information content (AvgIpc) is 3.12. The smallest absolute Gasteiger partial charge is 0.205 e. The Morgan fingerprint density at radius 3 is 2.86 bits per heavy atom. The van der Waals surface area contributed by atoms with Crippen LogP contribution in [0.1, 0.15) is 18.4 Å². The topological polar surface area (TPSA) is 66.5 Å². The van der Waals surface area contributed by atoms with Crippen molar-refractivity contribution in [2.75, 3.05) is 29.1 Å². The number of nitrogen functional groups attached to an aromatic ring is 1. The number of nitrogens with zero attached hydrogens (tertiary/aromatic N) is 3. The van der Waals surface area contributed by atoms with Crippen LogP contribution in [0.4, 0.5) is 21.0 Å². The summed E-state index contributed by atoms with van der Waals surface area (Å²) in [4.78, 5) is 6.20. The molecule has 0 amide bonds. The van der Waals surface area contributed by atoms with Crippen molar-refractivity contribution >= 4 is 34.2 Å². The van der Waals surface area contributed by atoms with Crippen LogP contribution in [0.5, 0.6) is 0 Å². The Labute approximate surface area is 126 Å². The van der Waals surface area contributed by atoms with Crippen LogP contribution in [0.3, 0.4) is 0 Å². The first-order valence-electron chi connectivity index (χ1n) is 6.77. The molecule has 2 aromatic rings. The molecule has 1 fully saturated rings. The van der Waals surface area contributed by atoms with Crippen LogP contribution in [0.2, 0.25) is 0 Å². The Hall–Kier alpha value is -2.15. The zero-order chi connectivity index (χ0) is 14.7. The van der Waals surface area contributed by atoms with Crippen LogP contribution in [0.15, 0.2) is 28.7 Å². The van der Waals surface area contributed by atoms with E-state index >= 15 is 0 Å². The van der Waals surface area contributed by atoms with Gasteiger partial charge in [-0.15, -0.1) is 11.3 Å². The second-order valence-electron chi connectivity index (χ2n) is 4.85. The van der Waals surface area contributed by atoms with Crippen LogP contribution < -0.4 is 16.1 Å². The molecule has 1 aliphatic rings. The summed E-state index contributed by atoms with van der Waals surface area (Å²) >= 11 is 1.35. The van der Waals surface area contributed by atoms with Crippen molar-refractivity contribution < 1.29 is 4.39 Å². The van der Waals surface area contributed by atoms with Crippen molar-refractivity contribution in [2.24, 2.45) is 5.10 Å². The lowest BCUT2D eigenvalue weighted by molar-refractivity contribution is 0.625. The van der Waals surface area contributed by atoms with E-state index in [9.17, 15) is 4.39 Å². The fourth-order valence-corrected chi connectivity index (χ4v) is 2.84. The monoisotopic (exact) mass is 305 g/mol. The van der Waals surface area contributed by atoms with E-state index in [0.29, 0.717) is 16.5 Å². The van der Waals surface area contributed by atoms with E-state index in [2.05, 4.69) is 20.4 Å². The SMILES string of the molecule is Nc1csc(NN=Cc2ccc(N3CCCC3)cc2F)n1. The van der Waals surface area contributed by atoms with Crippen LogP contribution in [0.25, 0.3) is 0 Å². The van der Waals surface area contributed by atoms with Crippen molar-refractivity contribution in [3.05, 3.63) is 35.0 Å². The van der Waals surface area contributed by atoms with Gasteiger partial charge in [0.25, 0.3) is 0 Å². The molecule has 0 radical (unpaired) electrons. The van der Waals surface area contributed by atoms with E-state index in [0.717, 1.165) is 18.8 Å². The molecule has 110 valence electrons. The van der Waals surface area contributed by atoms with E-state index in [1.807, 2.05) is 6.07 Å². The molecule has 2 heterocycles. The standard InChI is InChI=1S/C14H16FN5S/c15-12-7-11(20-5-1-2-6-20)4-3-10(12)8-17-19-14-18-13(16)9-21-14/h3-4,7-9H,1-2,5-6,16H2,(H,18,19). The fourth-order valence-electron chi connectivity index (χ4n) is 2.29. The molecular formula is C14H16FN5S. The Morgan fingerprint density at radius 1 is 1.38 bits per heavy atom. The summed E-state index contributed by atoms with van der Waals surface area (Å²) in [6.45, 7) is 2.00. The van der Waals surface area contributed by atoms with Crippen molar-refractivity contribution in [3.63, 3.8) is 0 Å². The van der Waals surface area contributed by atoms with Crippen LogP contribution in [-0.4, -0.2) is 24.3 Å². The first-order valence-corrected chi connectivity index (χ1v) is 7.65. The molecule has 21 heavy (non-hydrogen) atoms. The highest BCUT2D eigenvalue weighted by Gasteiger charge is 2.13. The number of anilines is 3. The third kappa shape index (κ3) is 3.30. The van der Waals surface area contributed by atoms with Gasteiger partial charge in [0.15, 0.2) is 0 Å². The van der Waals surface area contributed by atoms with Crippen molar-refractivity contribution in [3.8, 4) is 0 Å². The minimum Gasteiger partial charge on any atom is -0.383 e. The summed E-state index contributed by atoms with van der Waals surface area (Å²) in [6.07, 6.45) is 3.79. The normalized spacial score (nSPS) is 15.0. The van der Waals surface area contributed by atoms with E-state index < -0.39 is 0 Å². The van der Waals surface area contributed by atoms with E-state index in [-0.39, 0.29) is 5.82 Å². The first-order chi connectivity index (χ1) is 10.2. The van der Waals surface area contributed by atoms with Crippen molar-refractivity contribution in [1.29, 1.82) is 0 Å². The molecule has 1 aliphatic heterocycles. The molecular weight excluding hydrogens is 289 g/mol. The summed E-state index contributed by atoms with van der Waals surface area (Å²) in [7, 11) is 0. The summed E-state index contributed by atoms with van der Waals surface area (Å²) in [6, 6.07) is 5.23. The van der Waals surface area contributed by atoms with Gasteiger partial charge >= 0.3 is 0 Å². The van der Waals surface area contributed by atoms with Gasteiger partial charge in [-0.1, -0.05) is 0 Å². The average molecular weight is 305 g/mol. The first kappa shape index (κ1) is 13.8. The lowest BCUT2D eigenvalue weighted by Crippen LogP contribution is -2.17. The maximum Gasteiger partial charge on any atom is 0.205 e. The number of nitrogens with two attached hydrogens (primary N) is 1. The largest absolute Gasteiger partial charge is 0.383 e. The molecule has 0 saturated carbocycles. The number of thiazole rings is 1. The highest BCUT2D eigenvalue weighted by Crippen LogP contribution is 2.22. The molecule has 0 unspecified atom stereocenters. The fraction of sp³-hybridized carbons (Fsp3) is 0.286. The Morgan fingerprint density at radius 2 is 2.19 bits per heavy atom. The zero-order valence-electron chi connectivity index (χ0n) is 11.4. The maximum absolute atomic E-state index is 14.1. The van der Waals surface area contributed by atoms with Crippen LogP contribution in [-0.2, 0) is 0 Å². The number of benzene rings is 1. The predicted molar refractivity (Wildman–Crippen MR) is 85.6 cm³/mol. The lowest BCUT2D eigenvalue weighted by Gasteiger charge is -2.17. The van der Waals surface area contributed by atoms with Gasteiger partial charge < -0.3 is 10.6 Å². The van der Waals surface area contributed by atoms with E-state index in [1.165, 1.54) is 30.4 Å². The molecule has 0 spiro atoms. The molecule has 3 rings (SSSR count). The molecule has 7 heteroatoms. The molecule has 3 N–H and O–H groups in total. The predicted octanol–water partition coefficient (Wildman–Crippen LogP) is 2.91. The quantitative estimate of drug-likeness (QED) is 0.673. The molecule has 0 bridgehead atoms. The molecule has 1 saturated heterocycles. The van der Waals surface area contributed by atoms with E-state index in [1.54, 1.807) is 17.5 Å². The van der Waals surface area contributed by atoms with Gasteiger partial charge in [-0.2, -0.15) is 5.10 Å². The molecule has 0 aliphatic carbocycles. The van der Waals surface area contributed by atoms with Crippen LogP contribution in [0, 0.1) is 5.82 Å². The number of hydrogen-bond donors (Lipinski definition) is 2. The number of halogens is 1. The summed E-state index contributed by atoms with van der Waals surface area (Å²) in [5.74, 6) is 0.169. The van der Waals surface area contributed by atoms with Gasteiger partial charge in [-0.25, -0.2) is 9.37 Å². The van der Waals surface area contributed by atoms with Gasteiger partial charge in [0.1, 0.15) is 11.6 Å². The third-order valence-electron chi connectivity index (χ3n) is 3.34. The number of rotatable bonds is 4. The highest BCUT2D eigenvalue weighted by atomic mass is 32.1. The highest BCUT2D eigenvalue weighted by molar-refractivity contribution is 7.14. The second-order valence-corrected chi connectivity index (χ2v) is 5.71. The molecule has 1 aromatic carbocycles.